The van der Waals surface area contributed by atoms with Gasteiger partial charge in [-0.1, -0.05) is 35.4 Å². The summed E-state index contributed by atoms with van der Waals surface area (Å²) in [6, 6.07) is 38.5. The van der Waals surface area contributed by atoms with Gasteiger partial charge in [-0.25, -0.2) is 26.0 Å². The first-order valence-corrected chi connectivity index (χ1v) is 20.5. The highest BCUT2D eigenvalue weighted by molar-refractivity contribution is 7.86. The van der Waals surface area contributed by atoms with Crippen LogP contribution < -0.4 is 30.8 Å². The number of anilines is 6. The summed E-state index contributed by atoms with van der Waals surface area (Å²) in [4.78, 5) is 12.4. The van der Waals surface area contributed by atoms with Gasteiger partial charge >= 0.3 is 0 Å². The number of fused-ring (bicyclic) bond motifs is 1. The fraction of sp³-hybridized carbons (Fsp3) is 0.0930. The maximum atomic E-state index is 12.8. The number of carbonyl (C=O) groups is 1. The van der Waals surface area contributed by atoms with Gasteiger partial charge in [0.25, 0.3) is 5.91 Å². The highest BCUT2D eigenvalue weighted by Gasteiger charge is 2.12. The molecule has 0 saturated heterocycles. The first kappa shape index (κ1) is 42.5. The molecular formula is C43H42N6O7S2. The molecule has 0 spiro atoms. The second-order valence-corrected chi connectivity index (χ2v) is 16.0. The molecule has 0 aliphatic carbocycles. The maximum Gasteiger partial charge on any atom is 0.255 e. The lowest BCUT2D eigenvalue weighted by Gasteiger charge is -2.11. The third-order valence-electron chi connectivity index (χ3n) is 8.61. The van der Waals surface area contributed by atoms with Crippen molar-refractivity contribution in [1.29, 1.82) is 0 Å². The summed E-state index contributed by atoms with van der Waals surface area (Å²) in [5, 5.41) is 10.8. The number of hydrogen-bond donors (Lipinski definition) is 4. The van der Waals surface area contributed by atoms with Gasteiger partial charge in [0.05, 0.1) is 26.6 Å². The van der Waals surface area contributed by atoms with Crippen molar-refractivity contribution >= 4 is 71.2 Å². The number of aromatic nitrogens is 2. The standard InChI is InChI=1S/C29H26N6O.2C7H8O3S/c1-34-16-13-25(14-17-34)31-22-8-10-24(11-9-22)33-29(36)20-3-6-23(7-4-20)32-27-15-18-35(2)28-19-21(30)5-12-26(27)28;2*1-6-2-4-7(5-3-6)11(8,9)10/h3-19H,1-2H3,(H3,30,32,33,36);2*2-5H,1H3,(H,8,9,10). The Hall–Kier alpha value is -6.65. The zero-order valence-electron chi connectivity index (χ0n) is 32.1. The Morgan fingerprint density at radius 1 is 0.569 bits per heavy atom. The maximum absolute atomic E-state index is 12.8. The van der Waals surface area contributed by atoms with E-state index >= 15 is 0 Å². The van der Waals surface area contributed by atoms with Crippen LogP contribution in [0.2, 0.25) is 0 Å². The molecule has 0 aliphatic rings. The van der Waals surface area contributed by atoms with Crippen molar-refractivity contribution in [3.05, 3.63) is 169 Å². The van der Waals surface area contributed by atoms with Gasteiger partial charge in [0.1, 0.15) is 34.3 Å². The summed E-state index contributed by atoms with van der Waals surface area (Å²) in [6.45, 7) is 3.64. The van der Waals surface area contributed by atoms with E-state index in [-0.39, 0.29) is 15.7 Å². The van der Waals surface area contributed by atoms with Crippen LogP contribution >= 0.6 is 0 Å². The molecule has 5 N–H and O–H groups in total. The van der Waals surface area contributed by atoms with Crippen LogP contribution in [0.15, 0.2) is 162 Å². The molecule has 7 rings (SSSR count). The van der Waals surface area contributed by atoms with Gasteiger partial charge in [0.2, 0.25) is 5.52 Å². The predicted octanol–water partition coefficient (Wildman–Crippen LogP) is 6.61. The summed E-state index contributed by atoms with van der Waals surface area (Å²) in [6.07, 6.45) is 5.96. The number of carbonyl (C=O) groups excluding carboxylic acids is 1. The molecule has 5 aromatic carbocycles. The summed E-state index contributed by atoms with van der Waals surface area (Å²) in [5.41, 5.74) is 14.7. The molecule has 0 bridgehead atoms. The van der Waals surface area contributed by atoms with Gasteiger partial charge in [-0.3, -0.25) is 4.79 Å². The fourth-order valence-electron chi connectivity index (χ4n) is 5.40. The van der Waals surface area contributed by atoms with E-state index in [0.717, 1.165) is 56.2 Å². The molecule has 0 saturated carbocycles. The quantitative estimate of drug-likeness (QED) is 0.0735. The molecule has 13 nitrogen and oxygen atoms in total. The van der Waals surface area contributed by atoms with E-state index in [1.54, 1.807) is 24.3 Å². The van der Waals surface area contributed by atoms with Crippen LogP contribution in [0.5, 0.6) is 0 Å². The average molecular weight is 819 g/mol. The van der Waals surface area contributed by atoms with Gasteiger partial charge < -0.3 is 30.8 Å². The number of aryl methyl sites for hydroxylation is 4. The van der Waals surface area contributed by atoms with Crippen molar-refractivity contribution in [2.45, 2.75) is 23.6 Å². The van der Waals surface area contributed by atoms with E-state index in [1.807, 2.05) is 141 Å². The Morgan fingerprint density at radius 2 is 1.03 bits per heavy atom. The van der Waals surface area contributed by atoms with E-state index in [1.165, 1.54) is 24.3 Å². The molecule has 298 valence electrons. The number of amides is 1. The summed E-state index contributed by atoms with van der Waals surface area (Å²) in [7, 11) is -4.57. The molecule has 0 atom stereocenters. The summed E-state index contributed by atoms with van der Waals surface area (Å²) in [5.74, 6) is -0.162. The van der Waals surface area contributed by atoms with Crippen LogP contribution in [-0.4, -0.2) is 31.8 Å². The van der Waals surface area contributed by atoms with Crippen molar-refractivity contribution in [2.24, 2.45) is 14.1 Å². The Bertz CT molecular complexity index is 2660. The molecule has 0 unspecified atom stereocenters. The zero-order valence-corrected chi connectivity index (χ0v) is 33.7. The van der Waals surface area contributed by atoms with Crippen LogP contribution in [0.25, 0.3) is 10.9 Å². The van der Waals surface area contributed by atoms with Crippen molar-refractivity contribution in [1.82, 2.24) is 0 Å². The van der Waals surface area contributed by atoms with Crippen LogP contribution in [0.1, 0.15) is 21.5 Å². The lowest BCUT2D eigenvalue weighted by molar-refractivity contribution is -0.671. The van der Waals surface area contributed by atoms with Gasteiger partial charge in [-0.2, -0.15) is 0 Å². The molecule has 0 radical (unpaired) electrons. The first-order valence-electron chi connectivity index (χ1n) is 17.7. The topological polar surface area (TPSA) is 201 Å². The molecule has 2 heterocycles. The third-order valence-corrected chi connectivity index (χ3v) is 10.3. The Kier molecular flexibility index (Phi) is 13.6. The number of nitrogens with one attached hydrogen (secondary N) is 3. The fourth-order valence-corrected chi connectivity index (χ4v) is 6.33. The van der Waals surface area contributed by atoms with Crippen molar-refractivity contribution < 1.29 is 39.9 Å². The van der Waals surface area contributed by atoms with Gasteiger partial charge in [-0.05, 0) is 98.8 Å². The molecule has 1 amide bonds. The van der Waals surface area contributed by atoms with E-state index in [0.29, 0.717) is 5.56 Å². The Morgan fingerprint density at radius 3 is 1.55 bits per heavy atom. The molecule has 15 heteroatoms. The Labute approximate surface area is 338 Å². The van der Waals surface area contributed by atoms with Crippen molar-refractivity contribution in [3.8, 4) is 0 Å². The second kappa shape index (κ2) is 18.5. The van der Waals surface area contributed by atoms with Crippen LogP contribution in [0, 0.1) is 13.8 Å². The number of rotatable bonds is 8. The Balaban J connectivity index is 0.000000236. The zero-order chi connectivity index (χ0) is 42.0. The number of hydrogen-bond acceptors (Lipinski definition) is 10. The number of nitrogens with zero attached hydrogens (tertiary/aromatic N) is 2. The molecule has 58 heavy (non-hydrogen) atoms. The monoisotopic (exact) mass is 818 g/mol. The molecule has 2 aromatic heterocycles. The smallest absolute Gasteiger partial charge is 0.255 e. The largest absolute Gasteiger partial charge is 0.744 e. The number of nitrogen functional groups attached to an aromatic ring is 1. The lowest BCUT2D eigenvalue weighted by Crippen LogP contribution is -2.28. The minimum absolute atomic E-state index is 0.162. The molecule has 0 aliphatic heterocycles. The third kappa shape index (κ3) is 12.2. The number of nitrogens with two attached hydrogens (primary N) is 1. The second-order valence-electron chi connectivity index (χ2n) is 13.3. The SMILES string of the molecule is C[n+]1ccc(Nc2ccc(NC(=O)c3ccc(Nc4cc[n+](C)c5cc(N)ccc45)cc3)cc2)cc1.Cc1ccc(S(=O)(=O)[O-])cc1.Cc1ccc(S(=O)(=O)[O-])cc1. The predicted molar refractivity (Wildman–Crippen MR) is 223 cm³/mol. The highest BCUT2D eigenvalue weighted by Crippen LogP contribution is 2.26. The highest BCUT2D eigenvalue weighted by atomic mass is 32.2. The molecular weight excluding hydrogens is 777 g/mol. The number of pyridine rings is 2. The molecule has 0 fully saturated rings. The van der Waals surface area contributed by atoms with Crippen molar-refractivity contribution in [2.75, 3.05) is 21.7 Å². The van der Waals surface area contributed by atoms with Crippen molar-refractivity contribution in [3.63, 3.8) is 0 Å². The summed E-state index contributed by atoms with van der Waals surface area (Å²) >= 11 is 0. The molecule has 7 aromatic rings. The van der Waals surface area contributed by atoms with Crippen LogP contribution in [0.3, 0.4) is 0 Å². The van der Waals surface area contributed by atoms with Gasteiger partial charge in [0.15, 0.2) is 18.6 Å². The normalized spacial score (nSPS) is 11.0. The number of benzene rings is 5. The minimum Gasteiger partial charge on any atom is -0.744 e. The lowest BCUT2D eigenvalue weighted by atomic mass is 10.1. The minimum atomic E-state index is -4.27. The van der Waals surface area contributed by atoms with Crippen LogP contribution in [0.4, 0.5) is 34.1 Å². The van der Waals surface area contributed by atoms with Gasteiger partial charge in [-0.15, -0.1) is 0 Å². The summed E-state index contributed by atoms with van der Waals surface area (Å²) < 4.78 is 66.3. The van der Waals surface area contributed by atoms with E-state index < -0.39 is 20.2 Å². The average Bonchev–Trinajstić information content (AvgIpc) is 3.18. The van der Waals surface area contributed by atoms with Gasteiger partial charge in [0, 0.05) is 52.6 Å². The first-order chi connectivity index (χ1) is 27.4. The van der Waals surface area contributed by atoms with E-state index in [9.17, 15) is 30.7 Å². The van der Waals surface area contributed by atoms with E-state index in [4.69, 9.17) is 5.73 Å². The van der Waals surface area contributed by atoms with Crippen LogP contribution in [-0.2, 0) is 34.3 Å². The van der Waals surface area contributed by atoms with E-state index in [2.05, 4.69) is 16.0 Å².